The van der Waals surface area contributed by atoms with E-state index in [-0.39, 0.29) is 10.4 Å². The Kier molecular flexibility index (Phi) is 4.30. The van der Waals surface area contributed by atoms with Crippen LogP contribution >= 0.6 is 11.6 Å². The van der Waals surface area contributed by atoms with Crippen molar-refractivity contribution in [2.75, 3.05) is 0 Å². The summed E-state index contributed by atoms with van der Waals surface area (Å²) in [7, 11) is 0. The lowest BCUT2D eigenvalue weighted by Crippen LogP contribution is -2.17. The molecule has 1 heterocycles. The third-order valence-electron chi connectivity index (χ3n) is 3.39. The highest BCUT2D eigenvalue weighted by atomic mass is 35.5. The van der Waals surface area contributed by atoms with Crippen LogP contribution in [0.25, 0.3) is 5.69 Å². The lowest BCUT2D eigenvalue weighted by atomic mass is 9.91. The summed E-state index contributed by atoms with van der Waals surface area (Å²) in [5.74, 6) is 0. The highest BCUT2D eigenvalue weighted by Crippen LogP contribution is 2.34. The quantitative estimate of drug-likeness (QED) is 0.720. The predicted octanol–water partition coefficient (Wildman–Crippen LogP) is 5.40. The summed E-state index contributed by atoms with van der Waals surface area (Å²) in [6.45, 7) is 8.06. The van der Waals surface area contributed by atoms with Gasteiger partial charge in [-0.15, -0.1) is 0 Å². The Morgan fingerprint density at radius 1 is 1.14 bits per heavy atom. The number of halogens is 4. The normalized spacial score (nSPS) is 12.7. The van der Waals surface area contributed by atoms with E-state index in [0.717, 1.165) is 29.9 Å². The number of benzene rings is 1. The van der Waals surface area contributed by atoms with Crippen LogP contribution < -0.4 is 0 Å². The third-order valence-corrected chi connectivity index (χ3v) is 3.70. The maximum Gasteiger partial charge on any atom is 0.416 e. The summed E-state index contributed by atoms with van der Waals surface area (Å²) >= 11 is 6.08. The van der Waals surface area contributed by atoms with Crippen molar-refractivity contribution < 1.29 is 13.2 Å². The minimum absolute atomic E-state index is 0.0334. The second-order valence-corrected chi connectivity index (χ2v) is 6.61. The zero-order chi connectivity index (χ0) is 16.7. The molecule has 0 amide bonds. The number of rotatable bonds is 2. The van der Waals surface area contributed by atoms with Crippen molar-refractivity contribution >= 4 is 11.6 Å². The summed E-state index contributed by atoms with van der Waals surface area (Å²) in [5.41, 5.74) is 1.28. The van der Waals surface area contributed by atoms with Crippen LogP contribution in [0.15, 0.2) is 24.3 Å². The van der Waals surface area contributed by atoms with E-state index in [1.165, 1.54) is 6.07 Å². The van der Waals surface area contributed by atoms with Gasteiger partial charge in [-0.1, -0.05) is 39.3 Å². The van der Waals surface area contributed by atoms with Gasteiger partial charge in [-0.2, -0.15) is 18.3 Å². The van der Waals surface area contributed by atoms with Gasteiger partial charge in [0.15, 0.2) is 0 Å². The fraction of sp³-hybridized carbons (Fsp3) is 0.438. The topological polar surface area (TPSA) is 17.8 Å². The van der Waals surface area contributed by atoms with Gasteiger partial charge in [0.05, 0.1) is 22.0 Å². The molecule has 2 rings (SSSR count). The van der Waals surface area contributed by atoms with Crippen molar-refractivity contribution in [3.05, 3.63) is 46.2 Å². The first-order valence-corrected chi connectivity index (χ1v) is 7.38. The standard InChI is InChI=1S/C16H18ClF3N2/c1-5-11-9-14(15(2,3)4)22(21-11)13-7-6-10(8-12(13)17)16(18,19)20/h6-9H,5H2,1-4H3. The number of nitrogens with zero attached hydrogens (tertiary/aromatic N) is 2. The molecule has 0 aliphatic carbocycles. The maximum absolute atomic E-state index is 12.7. The smallest absolute Gasteiger partial charge is 0.235 e. The molecule has 0 radical (unpaired) electrons. The van der Waals surface area contributed by atoms with Crippen molar-refractivity contribution in [3.63, 3.8) is 0 Å². The molecule has 0 spiro atoms. The van der Waals surface area contributed by atoms with Crippen molar-refractivity contribution in [1.29, 1.82) is 0 Å². The molecule has 22 heavy (non-hydrogen) atoms. The fourth-order valence-electron chi connectivity index (χ4n) is 2.18. The van der Waals surface area contributed by atoms with Crippen LogP contribution in [0.5, 0.6) is 0 Å². The minimum Gasteiger partial charge on any atom is -0.235 e. The Balaban J connectivity index is 2.60. The predicted molar refractivity (Wildman–Crippen MR) is 81.7 cm³/mol. The van der Waals surface area contributed by atoms with Gasteiger partial charge in [-0.25, -0.2) is 4.68 Å². The molecule has 2 nitrogen and oxygen atoms in total. The molecule has 0 fully saturated rings. The molecular formula is C16H18ClF3N2. The van der Waals surface area contributed by atoms with Crippen molar-refractivity contribution in [2.45, 2.75) is 45.7 Å². The largest absolute Gasteiger partial charge is 0.416 e. The van der Waals surface area contributed by atoms with Gasteiger partial charge in [0.25, 0.3) is 0 Å². The summed E-state index contributed by atoms with van der Waals surface area (Å²) in [5, 5.41) is 4.50. The van der Waals surface area contributed by atoms with Crippen LogP contribution in [0.4, 0.5) is 13.2 Å². The van der Waals surface area contributed by atoms with Gasteiger partial charge >= 0.3 is 6.18 Å². The Morgan fingerprint density at radius 3 is 2.23 bits per heavy atom. The number of hydrogen-bond acceptors (Lipinski definition) is 1. The number of aromatic nitrogens is 2. The Morgan fingerprint density at radius 2 is 1.77 bits per heavy atom. The van der Waals surface area contributed by atoms with Gasteiger partial charge in [-0.3, -0.25) is 0 Å². The molecule has 0 atom stereocenters. The lowest BCUT2D eigenvalue weighted by molar-refractivity contribution is -0.137. The molecule has 0 aliphatic rings. The molecule has 0 bridgehead atoms. The van der Waals surface area contributed by atoms with Gasteiger partial charge in [0, 0.05) is 11.1 Å². The Hall–Kier alpha value is -1.49. The van der Waals surface area contributed by atoms with Gasteiger partial charge < -0.3 is 0 Å². The molecule has 1 aromatic carbocycles. The summed E-state index contributed by atoms with van der Waals surface area (Å²) in [6.07, 6.45) is -3.66. The Bertz CT molecular complexity index is 682. The number of hydrogen-bond donors (Lipinski definition) is 0. The summed E-state index contributed by atoms with van der Waals surface area (Å²) in [4.78, 5) is 0. The zero-order valence-corrected chi connectivity index (χ0v) is 13.7. The molecule has 0 saturated heterocycles. The van der Waals surface area contributed by atoms with Crippen LogP contribution in [0.3, 0.4) is 0 Å². The molecule has 0 aliphatic heterocycles. The number of aryl methyl sites for hydroxylation is 1. The van der Waals surface area contributed by atoms with Crippen LogP contribution in [-0.4, -0.2) is 9.78 Å². The monoisotopic (exact) mass is 330 g/mol. The van der Waals surface area contributed by atoms with Crippen molar-refractivity contribution in [3.8, 4) is 5.69 Å². The highest BCUT2D eigenvalue weighted by molar-refractivity contribution is 6.32. The molecule has 6 heteroatoms. The van der Waals surface area contributed by atoms with E-state index in [9.17, 15) is 13.2 Å². The van der Waals surface area contributed by atoms with E-state index in [2.05, 4.69) is 5.10 Å². The molecule has 1 aromatic heterocycles. The van der Waals surface area contributed by atoms with Crippen LogP contribution in [0, 0.1) is 0 Å². The third kappa shape index (κ3) is 3.29. The summed E-state index contributed by atoms with van der Waals surface area (Å²) < 4.78 is 39.9. The fourth-order valence-corrected chi connectivity index (χ4v) is 2.44. The van der Waals surface area contributed by atoms with E-state index < -0.39 is 11.7 Å². The minimum atomic E-state index is -4.41. The van der Waals surface area contributed by atoms with Crippen LogP contribution in [-0.2, 0) is 18.0 Å². The second kappa shape index (κ2) is 5.61. The van der Waals surface area contributed by atoms with E-state index in [0.29, 0.717) is 5.69 Å². The van der Waals surface area contributed by atoms with E-state index in [1.54, 1.807) is 4.68 Å². The first-order valence-electron chi connectivity index (χ1n) is 7.00. The first-order chi connectivity index (χ1) is 10.0. The van der Waals surface area contributed by atoms with Crippen molar-refractivity contribution in [1.82, 2.24) is 9.78 Å². The maximum atomic E-state index is 12.7. The van der Waals surface area contributed by atoms with Crippen LogP contribution in [0.1, 0.15) is 44.6 Å². The Labute approximate surface area is 132 Å². The molecule has 0 N–H and O–H groups in total. The molecule has 0 saturated carbocycles. The van der Waals surface area contributed by atoms with Crippen molar-refractivity contribution in [2.24, 2.45) is 0 Å². The summed E-state index contributed by atoms with van der Waals surface area (Å²) in [6, 6.07) is 5.30. The zero-order valence-electron chi connectivity index (χ0n) is 12.9. The molecule has 0 unspecified atom stereocenters. The average Bonchev–Trinajstić information content (AvgIpc) is 2.81. The molecular weight excluding hydrogens is 313 g/mol. The van der Waals surface area contributed by atoms with Gasteiger partial charge in [0.2, 0.25) is 0 Å². The molecule has 120 valence electrons. The first kappa shape index (κ1) is 16.9. The van der Waals surface area contributed by atoms with Crippen LogP contribution in [0.2, 0.25) is 5.02 Å². The second-order valence-electron chi connectivity index (χ2n) is 6.20. The SMILES string of the molecule is CCc1cc(C(C)(C)C)n(-c2ccc(C(F)(F)F)cc2Cl)n1. The van der Waals surface area contributed by atoms with Gasteiger partial charge in [-0.05, 0) is 30.7 Å². The number of alkyl halides is 3. The van der Waals surface area contributed by atoms with Gasteiger partial charge in [0.1, 0.15) is 0 Å². The lowest BCUT2D eigenvalue weighted by Gasteiger charge is -2.21. The van der Waals surface area contributed by atoms with E-state index >= 15 is 0 Å². The highest BCUT2D eigenvalue weighted by Gasteiger charge is 2.31. The average molecular weight is 331 g/mol. The van der Waals surface area contributed by atoms with E-state index in [4.69, 9.17) is 11.6 Å². The van der Waals surface area contributed by atoms with E-state index in [1.807, 2.05) is 33.8 Å². The molecule has 2 aromatic rings.